The van der Waals surface area contributed by atoms with E-state index in [1.165, 1.54) is 4.90 Å². The summed E-state index contributed by atoms with van der Waals surface area (Å²) in [5, 5.41) is 9.02. The Bertz CT molecular complexity index is 1890. The highest BCUT2D eigenvalue weighted by Gasteiger charge is 2.49. The first kappa shape index (κ1) is 29.8. The fourth-order valence-corrected chi connectivity index (χ4v) is 7.95. The topological polar surface area (TPSA) is 91.3 Å². The van der Waals surface area contributed by atoms with Gasteiger partial charge in [-0.25, -0.2) is 17.6 Å². The van der Waals surface area contributed by atoms with Crippen LogP contribution in [0, 0.1) is 23.0 Å². The van der Waals surface area contributed by atoms with E-state index in [0.29, 0.717) is 36.8 Å². The summed E-state index contributed by atoms with van der Waals surface area (Å²) in [6.07, 6.45) is -4.05. The van der Waals surface area contributed by atoms with Crippen molar-refractivity contribution in [3.8, 4) is 23.2 Å². The van der Waals surface area contributed by atoms with Crippen LogP contribution in [0.3, 0.4) is 0 Å². The molecule has 0 bridgehead atoms. The van der Waals surface area contributed by atoms with Crippen molar-refractivity contribution in [1.82, 2.24) is 14.9 Å². The number of hydrogen-bond acceptors (Lipinski definition) is 8. The normalized spacial score (nSPS) is 23.5. The Morgan fingerprint density at radius 1 is 1.20 bits per heavy atom. The molecule has 0 saturated carbocycles. The number of aromatic nitrogens is 2. The van der Waals surface area contributed by atoms with E-state index in [4.69, 9.17) is 10.5 Å². The molecule has 3 aliphatic rings. The molecule has 0 radical (unpaired) electrons. The van der Waals surface area contributed by atoms with Gasteiger partial charge in [0.25, 0.3) is 0 Å². The molecule has 0 unspecified atom stereocenters. The van der Waals surface area contributed by atoms with Crippen LogP contribution in [0.1, 0.15) is 36.8 Å². The summed E-state index contributed by atoms with van der Waals surface area (Å²) in [4.78, 5) is 12.0. The van der Waals surface area contributed by atoms with E-state index in [2.05, 4.69) is 9.97 Å². The number of halogens is 7. The van der Waals surface area contributed by atoms with E-state index in [9.17, 15) is 31.6 Å². The molecular formula is C30H25F7N6OS. The average Bonchev–Trinajstić information content (AvgIpc) is 3.61. The molecule has 2 aromatic carbocycles. The molecule has 2 aromatic heterocycles. The van der Waals surface area contributed by atoms with Crippen molar-refractivity contribution in [2.75, 3.05) is 43.5 Å². The smallest absolute Gasteiger partial charge is 0.417 e. The van der Waals surface area contributed by atoms with Crippen LogP contribution in [0.2, 0.25) is 0 Å². The van der Waals surface area contributed by atoms with Gasteiger partial charge < -0.3 is 15.4 Å². The van der Waals surface area contributed by atoms with Gasteiger partial charge in [-0.05, 0) is 43.5 Å². The summed E-state index contributed by atoms with van der Waals surface area (Å²) in [6.45, 7) is 0.347. The van der Waals surface area contributed by atoms with Crippen molar-refractivity contribution in [1.29, 1.82) is 5.26 Å². The average molecular weight is 651 g/mol. The molecule has 3 fully saturated rings. The van der Waals surface area contributed by atoms with Crippen molar-refractivity contribution >= 4 is 43.1 Å². The number of ether oxygens (including phenoxy) is 1. The summed E-state index contributed by atoms with van der Waals surface area (Å²) in [5.74, 6) is -2.37. The van der Waals surface area contributed by atoms with Crippen LogP contribution in [0.25, 0.3) is 32.1 Å². The molecule has 5 heterocycles. The van der Waals surface area contributed by atoms with Crippen LogP contribution in [-0.4, -0.2) is 65.5 Å². The van der Waals surface area contributed by atoms with Crippen molar-refractivity contribution in [3.63, 3.8) is 0 Å². The lowest BCUT2D eigenvalue weighted by molar-refractivity contribution is -0.137. The molecule has 7 nitrogen and oxygen atoms in total. The summed E-state index contributed by atoms with van der Waals surface area (Å²) in [7, 11) is 0. The minimum atomic E-state index is -5.11. The molecule has 2 N–H and O–H groups in total. The summed E-state index contributed by atoms with van der Waals surface area (Å²) >= 11 is 0.668. The lowest BCUT2D eigenvalue weighted by Gasteiger charge is -2.41. The zero-order valence-corrected chi connectivity index (χ0v) is 24.3. The van der Waals surface area contributed by atoms with Crippen molar-refractivity contribution in [3.05, 3.63) is 41.0 Å². The number of alkyl halides is 5. The summed E-state index contributed by atoms with van der Waals surface area (Å²) < 4.78 is 110. The number of rotatable bonds is 6. The van der Waals surface area contributed by atoms with Crippen LogP contribution in [-0.2, 0) is 6.18 Å². The highest BCUT2D eigenvalue weighted by Crippen LogP contribution is 2.48. The Morgan fingerprint density at radius 3 is 2.69 bits per heavy atom. The fraction of sp³-hybridized carbons (Fsp3) is 0.433. The Balaban J connectivity index is 1.46. The lowest BCUT2D eigenvalue weighted by Crippen LogP contribution is -2.49. The largest absolute Gasteiger partial charge is 0.461 e. The lowest BCUT2D eigenvalue weighted by atomic mass is 9.92. The van der Waals surface area contributed by atoms with Crippen molar-refractivity contribution in [2.24, 2.45) is 0 Å². The molecule has 7 rings (SSSR count). The Hall–Kier alpha value is -3.90. The van der Waals surface area contributed by atoms with Crippen LogP contribution >= 0.6 is 11.3 Å². The summed E-state index contributed by atoms with van der Waals surface area (Å²) in [5.41, 5.74) is 1.71. The molecule has 4 aromatic rings. The summed E-state index contributed by atoms with van der Waals surface area (Å²) in [6, 6.07) is 3.30. The Kier molecular flexibility index (Phi) is 7.01. The number of benzene rings is 2. The number of nitriles is 1. The van der Waals surface area contributed by atoms with Gasteiger partial charge in [0.2, 0.25) is 0 Å². The Labute approximate surface area is 256 Å². The first-order valence-electron chi connectivity index (χ1n) is 14.3. The number of anilines is 2. The van der Waals surface area contributed by atoms with Crippen molar-refractivity contribution < 1.29 is 35.5 Å². The van der Waals surface area contributed by atoms with Gasteiger partial charge >= 0.3 is 12.2 Å². The third-order valence-electron chi connectivity index (χ3n) is 9.22. The maximum absolute atomic E-state index is 16.7. The van der Waals surface area contributed by atoms with E-state index < -0.39 is 64.4 Å². The second kappa shape index (κ2) is 10.6. The van der Waals surface area contributed by atoms with Gasteiger partial charge in [0.05, 0.1) is 27.4 Å². The van der Waals surface area contributed by atoms with Crippen LogP contribution in [0.15, 0.2) is 18.2 Å². The molecule has 45 heavy (non-hydrogen) atoms. The quantitative estimate of drug-likeness (QED) is 0.231. The third-order valence-corrected chi connectivity index (χ3v) is 10.2. The first-order chi connectivity index (χ1) is 21.5. The SMILES string of the molecule is N#Cc1c(N)sc2c(F)ccc(-c3c(C(F)(F)F)cc4c(N5CC[C@@H]5CF)nc(OC[C@@]56CCCN5C[C@H](F)C6)nc4c3F)c12. The number of fused-ring (bicyclic) bond motifs is 3. The first-order valence-corrected chi connectivity index (χ1v) is 15.1. The van der Waals surface area contributed by atoms with E-state index >= 15 is 4.39 Å². The second-order valence-electron chi connectivity index (χ2n) is 11.7. The highest BCUT2D eigenvalue weighted by atomic mass is 32.1. The van der Waals surface area contributed by atoms with Crippen LogP contribution in [0.5, 0.6) is 6.01 Å². The maximum Gasteiger partial charge on any atom is 0.417 e. The molecular weight excluding hydrogens is 625 g/mol. The minimum absolute atomic E-state index is 0.0295. The number of thiophene rings is 1. The second-order valence-corrected chi connectivity index (χ2v) is 12.8. The number of nitrogens with zero attached hydrogens (tertiary/aromatic N) is 5. The van der Waals surface area contributed by atoms with Gasteiger partial charge in [-0.2, -0.15) is 28.4 Å². The molecule has 3 atom stereocenters. The van der Waals surface area contributed by atoms with Gasteiger partial charge in [-0.15, -0.1) is 11.3 Å². The monoisotopic (exact) mass is 650 g/mol. The molecule has 236 valence electrons. The number of nitrogens with two attached hydrogens (primary N) is 1. The maximum atomic E-state index is 16.7. The predicted octanol–water partition coefficient (Wildman–Crippen LogP) is 6.77. The zero-order valence-electron chi connectivity index (χ0n) is 23.5. The van der Waals surface area contributed by atoms with Crippen LogP contribution < -0.4 is 15.4 Å². The van der Waals surface area contributed by atoms with Crippen molar-refractivity contribution in [2.45, 2.75) is 49.6 Å². The van der Waals surface area contributed by atoms with Gasteiger partial charge in [-0.3, -0.25) is 4.90 Å². The molecule has 3 aliphatic heterocycles. The van der Waals surface area contributed by atoms with Gasteiger partial charge in [0.15, 0.2) is 5.82 Å². The standard InChI is InChI=1S/C30H25F7N6OS/c31-10-15-4-7-43(15)27-17-8-19(30(35,36)37)22(16-2-3-20(33)25-21(16)18(11-38)26(39)45-25)23(34)24(17)40-28(41-27)44-13-29-5-1-6-42(29)12-14(32)9-29/h2-3,8,14-15H,1,4-7,9-10,12-13,39H2/t14-,15-,29+/m1/s1. The van der Waals surface area contributed by atoms with E-state index in [1.54, 1.807) is 6.07 Å². The minimum Gasteiger partial charge on any atom is -0.461 e. The van der Waals surface area contributed by atoms with Gasteiger partial charge in [0.1, 0.15) is 47.7 Å². The van der Waals surface area contributed by atoms with E-state index in [0.717, 1.165) is 18.6 Å². The van der Waals surface area contributed by atoms with E-state index in [1.807, 2.05) is 4.90 Å². The van der Waals surface area contributed by atoms with E-state index in [-0.39, 0.29) is 64.0 Å². The Morgan fingerprint density at radius 2 is 2.00 bits per heavy atom. The molecule has 0 spiro atoms. The predicted molar refractivity (Wildman–Crippen MR) is 155 cm³/mol. The van der Waals surface area contributed by atoms with Gasteiger partial charge in [-0.1, -0.05) is 6.07 Å². The molecule has 0 aliphatic carbocycles. The highest BCUT2D eigenvalue weighted by molar-refractivity contribution is 7.23. The van der Waals surface area contributed by atoms with Gasteiger partial charge in [0, 0.05) is 35.8 Å². The molecule has 15 heteroatoms. The number of hydrogen-bond donors (Lipinski definition) is 1. The molecule has 3 saturated heterocycles. The fourth-order valence-electron chi connectivity index (χ4n) is 7.00. The molecule has 0 amide bonds. The van der Waals surface area contributed by atoms with Crippen LogP contribution in [0.4, 0.5) is 41.6 Å². The zero-order chi connectivity index (χ0) is 31.8. The third kappa shape index (κ3) is 4.63. The number of nitrogen functional groups attached to an aromatic ring is 1.